The van der Waals surface area contributed by atoms with Gasteiger partial charge in [-0.3, -0.25) is 9.69 Å². The molecule has 1 aliphatic carbocycles. The van der Waals surface area contributed by atoms with E-state index in [4.69, 9.17) is 4.42 Å². The first-order valence-corrected chi connectivity index (χ1v) is 8.35. The van der Waals surface area contributed by atoms with Crippen molar-refractivity contribution in [3.8, 4) is 0 Å². The van der Waals surface area contributed by atoms with Crippen molar-refractivity contribution >= 4 is 5.91 Å². The van der Waals surface area contributed by atoms with Crippen molar-refractivity contribution < 1.29 is 9.21 Å². The van der Waals surface area contributed by atoms with Crippen molar-refractivity contribution in [1.82, 2.24) is 19.8 Å². The minimum absolute atomic E-state index is 0.0404. The first-order valence-electron chi connectivity index (χ1n) is 8.35. The highest BCUT2D eigenvalue weighted by atomic mass is 16.3. The Hall–Kier alpha value is -2.08. The van der Waals surface area contributed by atoms with Gasteiger partial charge in [-0.2, -0.15) is 0 Å². The average Bonchev–Trinajstić information content (AvgIpc) is 3.15. The molecule has 1 fully saturated rings. The number of amides is 1. The fourth-order valence-electron chi connectivity index (χ4n) is 3.28. The summed E-state index contributed by atoms with van der Waals surface area (Å²) in [6.07, 6.45) is 6.99. The fraction of sp³-hybridized carbons (Fsp3) is 0.529. The van der Waals surface area contributed by atoms with Crippen LogP contribution in [0.4, 0.5) is 0 Å². The van der Waals surface area contributed by atoms with Crippen molar-refractivity contribution in [3.05, 3.63) is 41.9 Å². The molecule has 23 heavy (non-hydrogen) atoms. The molecule has 4 rings (SSSR count). The second-order valence-corrected chi connectivity index (χ2v) is 6.50. The Labute approximate surface area is 135 Å². The van der Waals surface area contributed by atoms with Crippen LogP contribution in [-0.2, 0) is 13.1 Å². The van der Waals surface area contributed by atoms with Crippen LogP contribution in [0.15, 0.2) is 29.0 Å². The number of aromatic nitrogens is 2. The fourth-order valence-corrected chi connectivity index (χ4v) is 3.28. The highest BCUT2D eigenvalue weighted by Crippen LogP contribution is 2.26. The smallest absolute Gasteiger partial charge is 0.271 e. The maximum atomic E-state index is 12.3. The number of carbonyl (C=O) groups is 1. The molecule has 122 valence electrons. The van der Waals surface area contributed by atoms with Crippen molar-refractivity contribution in [1.29, 1.82) is 0 Å². The lowest BCUT2D eigenvalue weighted by atomic mass is 9.93. The van der Waals surface area contributed by atoms with Gasteiger partial charge in [0, 0.05) is 25.3 Å². The molecule has 6 nitrogen and oxygen atoms in total. The SMILES string of the molecule is C[C@@H]1c2nc(C(=O)NC3CCC3)cn2CCN1Cc1ccco1. The summed E-state index contributed by atoms with van der Waals surface area (Å²) < 4.78 is 7.56. The summed E-state index contributed by atoms with van der Waals surface area (Å²) >= 11 is 0. The third-order valence-corrected chi connectivity index (χ3v) is 4.97. The monoisotopic (exact) mass is 314 g/mol. The van der Waals surface area contributed by atoms with E-state index in [1.165, 1.54) is 6.42 Å². The van der Waals surface area contributed by atoms with E-state index < -0.39 is 0 Å². The van der Waals surface area contributed by atoms with E-state index in [1.807, 2.05) is 18.3 Å². The summed E-state index contributed by atoms with van der Waals surface area (Å²) in [4.78, 5) is 19.2. The number of fused-ring (bicyclic) bond motifs is 1. The van der Waals surface area contributed by atoms with Gasteiger partial charge < -0.3 is 14.3 Å². The van der Waals surface area contributed by atoms with Crippen molar-refractivity contribution in [2.45, 2.75) is 51.4 Å². The van der Waals surface area contributed by atoms with Crippen LogP contribution in [0.2, 0.25) is 0 Å². The molecular weight excluding hydrogens is 292 g/mol. The van der Waals surface area contributed by atoms with Gasteiger partial charge in [-0.15, -0.1) is 0 Å². The van der Waals surface area contributed by atoms with Gasteiger partial charge in [-0.05, 0) is 38.3 Å². The summed E-state index contributed by atoms with van der Waals surface area (Å²) in [5.74, 6) is 1.88. The molecule has 0 saturated heterocycles. The Kier molecular flexibility index (Phi) is 3.69. The zero-order valence-electron chi connectivity index (χ0n) is 13.4. The van der Waals surface area contributed by atoms with Crippen LogP contribution >= 0.6 is 0 Å². The van der Waals surface area contributed by atoms with Crippen LogP contribution in [0.1, 0.15) is 54.3 Å². The molecule has 0 bridgehead atoms. The number of imidazole rings is 1. The van der Waals surface area contributed by atoms with E-state index in [0.29, 0.717) is 11.7 Å². The Morgan fingerprint density at radius 2 is 2.30 bits per heavy atom. The van der Waals surface area contributed by atoms with Crippen LogP contribution in [0.25, 0.3) is 0 Å². The maximum absolute atomic E-state index is 12.3. The third kappa shape index (κ3) is 2.79. The van der Waals surface area contributed by atoms with Gasteiger partial charge in [0.2, 0.25) is 0 Å². The molecule has 2 aromatic rings. The van der Waals surface area contributed by atoms with E-state index in [0.717, 1.165) is 44.1 Å². The molecule has 0 aromatic carbocycles. The Morgan fingerprint density at radius 1 is 1.43 bits per heavy atom. The maximum Gasteiger partial charge on any atom is 0.271 e. The molecule has 1 aliphatic heterocycles. The first-order chi connectivity index (χ1) is 11.2. The van der Waals surface area contributed by atoms with Crippen LogP contribution in [0.5, 0.6) is 0 Å². The molecule has 1 N–H and O–H groups in total. The quantitative estimate of drug-likeness (QED) is 0.941. The van der Waals surface area contributed by atoms with E-state index in [-0.39, 0.29) is 11.9 Å². The van der Waals surface area contributed by atoms with Crippen molar-refractivity contribution in [2.75, 3.05) is 6.54 Å². The minimum Gasteiger partial charge on any atom is -0.468 e. The largest absolute Gasteiger partial charge is 0.468 e. The van der Waals surface area contributed by atoms with Gasteiger partial charge in [0.25, 0.3) is 5.91 Å². The van der Waals surface area contributed by atoms with Crippen molar-refractivity contribution in [3.63, 3.8) is 0 Å². The second kappa shape index (κ2) is 5.85. The first kappa shape index (κ1) is 14.5. The zero-order valence-corrected chi connectivity index (χ0v) is 13.4. The molecule has 2 aromatic heterocycles. The highest BCUT2D eigenvalue weighted by molar-refractivity contribution is 5.92. The standard InChI is InChI=1S/C17H22N4O2/c1-12-16-19-15(17(22)18-13-4-2-5-13)11-21(16)8-7-20(12)10-14-6-3-9-23-14/h3,6,9,11-13H,2,4-5,7-8,10H2,1H3,(H,18,22)/t12-/m1/s1. The molecule has 1 saturated carbocycles. The Bertz CT molecular complexity index is 688. The normalized spacial score (nSPS) is 21.7. The molecule has 0 radical (unpaired) electrons. The summed E-state index contributed by atoms with van der Waals surface area (Å²) in [5, 5.41) is 3.06. The number of furan rings is 1. The molecule has 1 amide bonds. The van der Waals surface area contributed by atoms with Gasteiger partial charge >= 0.3 is 0 Å². The van der Waals surface area contributed by atoms with Gasteiger partial charge in [0.15, 0.2) is 0 Å². The van der Waals surface area contributed by atoms with Gasteiger partial charge in [0.1, 0.15) is 17.3 Å². The Balaban J connectivity index is 1.48. The van der Waals surface area contributed by atoms with Gasteiger partial charge in [-0.1, -0.05) is 0 Å². The third-order valence-electron chi connectivity index (χ3n) is 4.97. The molecule has 2 aliphatic rings. The van der Waals surface area contributed by atoms with E-state index in [9.17, 15) is 4.79 Å². The Morgan fingerprint density at radius 3 is 3.00 bits per heavy atom. The number of hydrogen-bond donors (Lipinski definition) is 1. The van der Waals surface area contributed by atoms with Crippen molar-refractivity contribution in [2.24, 2.45) is 0 Å². The van der Waals surface area contributed by atoms with Crippen LogP contribution < -0.4 is 5.32 Å². The number of nitrogens with zero attached hydrogens (tertiary/aromatic N) is 3. The number of hydrogen-bond acceptors (Lipinski definition) is 4. The van der Waals surface area contributed by atoms with E-state index in [2.05, 4.69) is 26.7 Å². The zero-order chi connectivity index (χ0) is 15.8. The molecular formula is C17H22N4O2. The molecule has 3 heterocycles. The van der Waals surface area contributed by atoms with Crippen LogP contribution in [-0.4, -0.2) is 32.9 Å². The van der Waals surface area contributed by atoms with E-state index >= 15 is 0 Å². The molecule has 0 spiro atoms. The van der Waals surface area contributed by atoms with Gasteiger partial charge in [0.05, 0.1) is 18.8 Å². The second-order valence-electron chi connectivity index (χ2n) is 6.50. The lowest BCUT2D eigenvalue weighted by Gasteiger charge is -2.32. The van der Waals surface area contributed by atoms with Gasteiger partial charge in [-0.25, -0.2) is 4.98 Å². The number of rotatable bonds is 4. The predicted octanol–water partition coefficient (Wildman–Crippen LogP) is 2.34. The topological polar surface area (TPSA) is 63.3 Å². The summed E-state index contributed by atoms with van der Waals surface area (Å²) in [5.41, 5.74) is 0.540. The lowest BCUT2D eigenvalue weighted by molar-refractivity contribution is 0.0912. The summed E-state index contributed by atoms with van der Waals surface area (Å²) in [6.45, 7) is 4.68. The molecule has 1 atom stereocenters. The lowest BCUT2D eigenvalue weighted by Crippen LogP contribution is -2.39. The number of carbonyl (C=O) groups excluding carboxylic acids is 1. The predicted molar refractivity (Wildman–Crippen MR) is 84.9 cm³/mol. The highest BCUT2D eigenvalue weighted by Gasteiger charge is 2.29. The average molecular weight is 314 g/mol. The van der Waals surface area contributed by atoms with Crippen LogP contribution in [0, 0.1) is 0 Å². The number of nitrogens with one attached hydrogen (secondary N) is 1. The van der Waals surface area contributed by atoms with E-state index in [1.54, 1.807) is 6.26 Å². The minimum atomic E-state index is -0.0404. The van der Waals surface area contributed by atoms with Crippen LogP contribution in [0.3, 0.4) is 0 Å². The molecule has 6 heteroatoms. The summed E-state index contributed by atoms with van der Waals surface area (Å²) in [7, 11) is 0. The summed E-state index contributed by atoms with van der Waals surface area (Å²) in [6, 6.07) is 4.41. The molecule has 0 unspecified atom stereocenters.